The van der Waals surface area contributed by atoms with Crippen LogP contribution in [0.5, 0.6) is 0 Å². The molecule has 100 valence electrons. The summed E-state index contributed by atoms with van der Waals surface area (Å²) in [7, 11) is 0. The average Bonchev–Trinajstić information content (AvgIpc) is 2.35. The zero-order chi connectivity index (χ0) is 12.3. The van der Waals surface area contributed by atoms with Gasteiger partial charge < -0.3 is 10.1 Å². The molecule has 0 spiro atoms. The lowest BCUT2D eigenvalue weighted by molar-refractivity contribution is 0.0344. The van der Waals surface area contributed by atoms with Crippen LogP contribution in [0.3, 0.4) is 0 Å². The summed E-state index contributed by atoms with van der Waals surface area (Å²) in [5.74, 6) is 0. The van der Waals surface area contributed by atoms with Crippen molar-refractivity contribution in [2.45, 2.75) is 38.6 Å². The SMILES string of the molecule is C=CCCCCCNC(C)CN1CCOCC1. The van der Waals surface area contributed by atoms with E-state index in [4.69, 9.17) is 4.74 Å². The first-order valence-corrected chi connectivity index (χ1v) is 6.97. The molecule has 3 nitrogen and oxygen atoms in total. The van der Waals surface area contributed by atoms with Gasteiger partial charge in [0.2, 0.25) is 0 Å². The lowest BCUT2D eigenvalue weighted by atomic mass is 10.2. The monoisotopic (exact) mass is 240 g/mol. The van der Waals surface area contributed by atoms with E-state index in [1.165, 1.54) is 19.3 Å². The first-order valence-electron chi connectivity index (χ1n) is 6.97. The molecule has 17 heavy (non-hydrogen) atoms. The van der Waals surface area contributed by atoms with Crippen molar-refractivity contribution in [3.8, 4) is 0 Å². The predicted octanol–water partition coefficient (Wildman–Crippen LogP) is 2.04. The Morgan fingerprint density at radius 3 is 2.76 bits per heavy atom. The highest BCUT2D eigenvalue weighted by molar-refractivity contribution is 4.70. The van der Waals surface area contributed by atoms with Crippen molar-refractivity contribution in [3.05, 3.63) is 12.7 Å². The van der Waals surface area contributed by atoms with Gasteiger partial charge in [-0.1, -0.05) is 12.5 Å². The van der Waals surface area contributed by atoms with Gasteiger partial charge in [-0.3, -0.25) is 4.90 Å². The van der Waals surface area contributed by atoms with Crippen LogP contribution in [-0.2, 0) is 4.74 Å². The van der Waals surface area contributed by atoms with Gasteiger partial charge in [-0.2, -0.15) is 0 Å². The van der Waals surface area contributed by atoms with Crippen molar-refractivity contribution >= 4 is 0 Å². The van der Waals surface area contributed by atoms with Crippen molar-refractivity contribution in [1.82, 2.24) is 10.2 Å². The molecule has 0 radical (unpaired) electrons. The quantitative estimate of drug-likeness (QED) is 0.493. The smallest absolute Gasteiger partial charge is 0.0594 e. The van der Waals surface area contributed by atoms with Crippen LogP contribution in [0.4, 0.5) is 0 Å². The summed E-state index contributed by atoms with van der Waals surface area (Å²) in [5, 5.41) is 3.60. The maximum absolute atomic E-state index is 5.35. The zero-order valence-electron chi connectivity index (χ0n) is 11.3. The van der Waals surface area contributed by atoms with E-state index < -0.39 is 0 Å². The van der Waals surface area contributed by atoms with Crippen LogP contribution in [0, 0.1) is 0 Å². The highest BCUT2D eigenvalue weighted by Gasteiger charge is 2.12. The van der Waals surface area contributed by atoms with E-state index in [9.17, 15) is 0 Å². The molecule has 0 aromatic heterocycles. The third kappa shape index (κ3) is 7.53. The summed E-state index contributed by atoms with van der Waals surface area (Å²) in [4.78, 5) is 2.48. The number of nitrogens with zero attached hydrogens (tertiary/aromatic N) is 1. The van der Waals surface area contributed by atoms with Gasteiger partial charge in [-0.25, -0.2) is 0 Å². The third-order valence-electron chi connectivity index (χ3n) is 3.21. The summed E-state index contributed by atoms with van der Waals surface area (Å²) >= 11 is 0. The maximum Gasteiger partial charge on any atom is 0.0594 e. The van der Waals surface area contributed by atoms with Crippen LogP contribution in [0.1, 0.15) is 32.6 Å². The van der Waals surface area contributed by atoms with E-state index in [2.05, 4.69) is 23.7 Å². The molecular weight excluding hydrogens is 212 g/mol. The zero-order valence-corrected chi connectivity index (χ0v) is 11.3. The average molecular weight is 240 g/mol. The van der Waals surface area contributed by atoms with Gasteiger partial charge >= 0.3 is 0 Å². The van der Waals surface area contributed by atoms with E-state index in [-0.39, 0.29) is 0 Å². The Balaban J connectivity index is 1.93. The fraction of sp³-hybridized carbons (Fsp3) is 0.857. The maximum atomic E-state index is 5.35. The molecule has 0 aliphatic carbocycles. The van der Waals surface area contributed by atoms with Crippen LogP contribution in [0.2, 0.25) is 0 Å². The topological polar surface area (TPSA) is 24.5 Å². The summed E-state index contributed by atoms with van der Waals surface area (Å²) in [6, 6.07) is 0.590. The second-order valence-electron chi connectivity index (χ2n) is 4.91. The molecule has 0 saturated carbocycles. The van der Waals surface area contributed by atoms with Crippen LogP contribution in [0.15, 0.2) is 12.7 Å². The lowest BCUT2D eigenvalue weighted by Gasteiger charge is -2.29. The second-order valence-corrected chi connectivity index (χ2v) is 4.91. The Labute approximate surface area is 106 Å². The summed E-state index contributed by atoms with van der Waals surface area (Å²) in [5.41, 5.74) is 0. The minimum atomic E-state index is 0.590. The van der Waals surface area contributed by atoms with E-state index in [1.54, 1.807) is 0 Å². The van der Waals surface area contributed by atoms with Crippen molar-refractivity contribution in [3.63, 3.8) is 0 Å². The standard InChI is InChI=1S/C14H28N2O/c1-3-4-5-6-7-8-15-14(2)13-16-9-11-17-12-10-16/h3,14-15H,1,4-13H2,2H3. The number of ether oxygens (including phenoxy) is 1. The summed E-state index contributed by atoms with van der Waals surface area (Å²) in [6.07, 6.45) is 7.03. The van der Waals surface area contributed by atoms with Crippen molar-refractivity contribution in [2.24, 2.45) is 0 Å². The van der Waals surface area contributed by atoms with Gasteiger partial charge in [0.05, 0.1) is 13.2 Å². The minimum Gasteiger partial charge on any atom is -0.379 e. The molecule has 1 fully saturated rings. The van der Waals surface area contributed by atoms with Gasteiger partial charge in [0, 0.05) is 25.7 Å². The number of hydrogen-bond acceptors (Lipinski definition) is 3. The summed E-state index contributed by atoms with van der Waals surface area (Å²) < 4.78 is 5.35. The summed E-state index contributed by atoms with van der Waals surface area (Å²) in [6.45, 7) is 12.3. The number of unbranched alkanes of at least 4 members (excludes halogenated alkanes) is 3. The highest BCUT2D eigenvalue weighted by atomic mass is 16.5. The third-order valence-corrected chi connectivity index (χ3v) is 3.21. The molecule has 1 N–H and O–H groups in total. The molecule has 3 heteroatoms. The molecule has 1 aliphatic rings. The molecule has 1 unspecified atom stereocenters. The van der Waals surface area contributed by atoms with Gasteiger partial charge in [0.15, 0.2) is 0 Å². The molecule has 0 aromatic rings. The number of morpholine rings is 1. The Bertz CT molecular complexity index is 191. The molecule has 1 saturated heterocycles. The second kappa shape index (κ2) is 9.63. The van der Waals surface area contributed by atoms with E-state index >= 15 is 0 Å². The van der Waals surface area contributed by atoms with Crippen LogP contribution < -0.4 is 5.32 Å². The fourth-order valence-corrected chi connectivity index (χ4v) is 2.17. The van der Waals surface area contributed by atoms with Gasteiger partial charge in [0.1, 0.15) is 0 Å². The van der Waals surface area contributed by atoms with Gasteiger partial charge in [-0.15, -0.1) is 6.58 Å². The Hall–Kier alpha value is -0.380. The molecule has 1 heterocycles. The van der Waals surface area contributed by atoms with Crippen LogP contribution in [0.25, 0.3) is 0 Å². The fourth-order valence-electron chi connectivity index (χ4n) is 2.17. The lowest BCUT2D eigenvalue weighted by Crippen LogP contribution is -2.44. The molecule has 1 rings (SSSR count). The Morgan fingerprint density at radius 2 is 2.06 bits per heavy atom. The number of rotatable bonds is 9. The molecule has 0 bridgehead atoms. The van der Waals surface area contributed by atoms with Gasteiger partial charge in [0.25, 0.3) is 0 Å². The molecular formula is C14H28N2O. The Morgan fingerprint density at radius 1 is 1.29 bits per heavy atom. The minimum absolute atomic E-state index is 0.590. The van der Waals surface area contributed by atoms with E-state index in [0.29, 0.717) is 6.04 Å². The van der Waals surface area contributed by atoms with E-state index in [0.717, 1.165) is 45.8 Å². The molecule has 0 aromatic carbocycles. The first kappa shape index (κ1) is 14.7. The molecule has 1 atom stereocenters. The van der Waals surface area contributed by atoms with Crippen LogP contribution >= 0.6 is 0 Å². The highest BCUT2D eigenvalue weighted by Crippen LogP contribution is 2.01. The predicted molar refractivity (Wildman–Crippen MR) is 73.4 cm³/mol. The largest absolute Gasteiger partial charge is 0.379 e. The molecule has 1 aliphatic heterocycles. The number of hydrogen-bond donors (Lipinski definition) is 1. The Kier molecular flexibility index (Phi) is 8.32. The van der Waals surface area contributed by atoms with Crippen molar-refractivity contribution in [1.29, 1.82) is 0 Å². The number of nitrogens with one attached hydrogen (secondary N) is 1. The number of allylic oxidation sites excluding steroid dienone is 1. The first-order chi connectivity index (χ1) is 8.33. The van der Waals surface area contributed by atoms with Gasteiger partial charge in [-0.05, 0) is 32.7 Å². The molecule has 0 amide bonds. The van der Waals surface area contributed by atoms with Crippen molar-refractivity contribution < 1.29 is 4.74 Å². The van der Waals surface area contributed by atoms with E-state index in [1.807, 2.05) is 6.08 Å². The normalized spacial score (nSPS) is 19.1. The van der Waals surface area contributed by atoms with Crippen LogP contribution in [-0.4, -0.2) is 50.3 Å². The van der Waals surface area contributed by atoms with Crippen molar-refractivity contribution in [2.75, 3.05) is 39.4 Å².